The van der Waals surface area contributed by atoms with E-state index in [1.54, 1.807) is 0 Å². The van der Waals surface area contributed by atoms with Gasteiger partial charge in [0.25, 0.3) is 0 Å². The Morgan fingerprint density at radius 1 is 1.22 bits per heavy atom. The van der Waals surface area contributed by atoms with Crippen LogP contribution in [-0.2, 0) is 19.7 Å². The molecule has 5 nitrogen and oxygen atoms in total. The number of aliphatic carboxylic acids is 1. The second kappa shape index (κ2) is 6.49. The fourth-order valence-corrected chi connectivity index (χ4v) is 3.40. The number of carboxylic acid groups (broad SMARTS) is 1. The van der Waals surface area contributed by atoms with Gasteiger partial charge in [-0.15, -0.1) is 0 Å². The molecule has 1 saturated heterocycles. The lowest BCUT2D eigenvalue weighted by atomic mass is 9.74. The largest absolute Gasteiger partial charge is 0.481 e. The molecule has 3 rings (SSSR count). The molecule has 2 atom stereocenters. The molecule has 2 N–H and O–H groups in total. The first-order valence-electron chi connectivity index (χ1n) is 7.86. The van der Waals surface area contributed by atoms with Gasteiger partial charge in [-0.3, -0.25) is 9.59 Å². The van der Waals surface area contributed by atoms with E-state index in [1.165, 1.54) is 0 Å². The summed E-state index contributed by atoms with van der Waals surface area (Å²) in [6, 6.07) is 7.71. The van der Waals surface area contributed by atoms with Gasteiger partial charge in [-0.1, -0.05) is 23.7 Å². The van der Waals surface area contributed by atoms with Crippen molar-refractivity contribution in [3.05, 3.63) is 34.9 Å². The van der Waals surface area contributed by atoms with E-state index in [2.05, 4.69) is 5.32 Å². The van der Waals surface area contributed by atoms with E-state index >= 15 is 0 Å². The molecule has 2 fully saturated rings. The topological polar surface area (TPSA) is 75.6 Å². The SMILES string of the molecule is O=C(NCC1(c2ccc(Cl)cc2)CCOCC1)[C@H]1C[C@H]1C(=O)O. The Morgan fingerprint density at radius 3 is 2.43 bits per heavy atom. The number of halogens is 1. The summed E-state index contributed by atoms with van der Waals surface area (Å²) in [5.74, 6) is -1.94. The smallest absolute Gasteiger partial charge is 0.307 e. The van der Waals surface area contributed by atoms with E-state index in [0.717, 1.165) is 18.4 Å². The first kappa shape index (κ1) is 16.3. The van der Waals surface area contributed by atoms with E-state index in [0.29, 0.717) is 31.2 Å². The highest BCUT2D eigenvalue weighted by Crippen LogP contribution is 2.39. The molecule has 0 bridgehead atoms. The van der Waals surface area contributed by atoms with Crippen molar-refractivity contribution < 1.29 is 19.4 Å². The highest BCUT2D eigenvalue weighted by molar-refractivity contribution is 6.30. The average molecular weight is 338 g/mol. The van der Waals surface area contributed by atoms with Crippen molar-refractivity contribution in [1.29, 1.82) is 0 Å². The first-order chi connectivity index (χ1) is 11.0. The van der Waals surface area contributed by atoms with Crippen molar-refractivity contribution in [3.8, 4) is 0 Å². The second-order valence-electron chi connectivity index (χ2n) is 6.40. The number of ether oxygens (including phenoxy) is 1. The average Bonchev–Trinajstić information content (AvgIpc) is 3.35. The predicted molar refractivity (Wildman–Crippen MR) is 85.4 cm³/mol. The van der Waals surface area contributed by atoms with Crippen LogP contribution in [0.15, 0.2) is 24.3 Å². The minimum Gasteiger partial charge on any atom is -0.481 e. The zero-order valence-electron chi connectivity index (χ0n) is 12.8. The number of benzene rings is 1. The molecule has 1 aliphatic carbocycles. The van der Waals surface area contributed by atoms with Crippen molar-refractivity contribution in [2.45, 2.75) is 24.7 Å². The quantitative estimate of drug-likeness (QED) is 0.864. The minimum atomic E-state index is -0.886. The minimum absolute atomic E-state index is 0.155. The maximum atomic E-state index is 12.2. The van der Waals surface area contributed by atoms with Gasteiger partial charge in [0, 0.05) is 30.2 Å². The molecule has 0 aromatic heterocycles. The van der Waals surface area contributed by atoms with Crippen LogP contribution in [0.3, 0.4) is 0 Å². The number of hydrogen-bond acceptors (Lipinski definition) is 3. The van der Waals surface area contributed by atoms with Gasteiger partial charge in [-0.05, 0) is 37.0 Å². The molecule has 124 valence electrons. The van der Waals surface area contributed by atoms with Crippen molar-refractivity contribution >= 4 is 23.5 Å². The molecule has 1 amide bonds. The third kappa shape index (κ3) is 3.51. The Bertz CT molecular complexity index is 595. The number of hydrogen-bond donors (Lipinski definition) is 2. The number of carbonyl (C=O) groups excluding carboxylic acids is 1. The Labute approximate surface area is 140 Å². The van der Waals surface area contributed by atoms with Crippen LogP contribution >= 0.6 is 11.6 Å². The summed E-state index contributed by atoms with van der Waals surface area (Å²) in [7, 11) is 0. The molecule has 1 aliphatic heterocycles. The second-order valence-corrected chi connectivity index (χ2v) is 6.84. The van der Waals surface area contributed by atoms with Crippen LogP contribution in [0.1, 0.15) is 24.8 Å². The number of carboxylic acids is 1. The van der Waals surface area contributed by atoms with Crippen molar-refractivity contribution in [2.75, 3.05) is 19.8 Å². The number of nitrogens with one attached hydrogen (secondary N) is 1. The monoisotopic (exact) mass is 337 g/mol. The molecule has 23 heavy (non-hydrogen) atoms. The van der Waals surface area contributed by atoms with E-state index in [-0.39, 0.29) is 17.2 Å². The van der Waals surface area contributed by atoms with Crippen LogP contribution in [0.4, 0.5) is 0 Å². The molecule has 0 radical (unpaired) electrons. The van der Waals surface area contributed by atoms with Crippen molar-refractivity contribution in [3.63, 3.8) is 0 Å². The number of amides is 1. The molecular formula is C17H20ClNO4. The standard InChI is InChI=1S/C17H20ClNO4/c18-12-3-1-11(2-4-12)17(5-7-23-8-6-17)10-19-15(20)13-9-14(13)16(21)22/h1-4,13-14H,5-10H2,(H,19,20)(H,21,22)/t13-,14+/m0/s1. The summed E-state index contributed by atoms with van der Waals surface area (Å²) in [5.41, 5.74) is 0.961. The van der Waals surface area contributed by atoms with Gasteiger partial charge < -0.3 is 15.2 Å². The maximum Gasteiger partial charge on any atom is 0.307 e. The highest BCUT2D eigenvalue weighted by atomic mass is 35.5. The first-order valence-corrected chi connectivity index (χ1v) is 8.24. The molecule has 1 saturated carbocycles. The zero-order valence-corrected chi connectivity index (χ0v) is 13.5. The summed E-state index contributed by atoms with van der Waals surface area (Å²) in [6.07, 6.45) is 2.09. The zero-order chi connectivity index (χ0) is 16.4. The summed E-state index contributed by atoms with van der Waals surface area (Å²) < 4.78 is 5.47. The lowest BCUT2D eigenvalue weighted by Crippen LogP contribution is -2.45. The molecule has 6 heteroatoms. The normalized spacial score (nSPS) is 25.6. The molecule has 1 aromatic carbocycles. The molecule has 1 aromatic rings. The Balaban J connectivity index is 1.69. The van der Waals surface area contributed by atoms with E-state index in [1.807, 2.05) is 24.3 Å². The lowest BCUT2D eigenvalue weighted by molar-refractivity contribution is -0.140. The Kier molecular flexibility index (Phi) is 4.60. The molecule has 0 unspecified atom stereocenters. The van der Waals surface area contributed by atoms with Crippen LogP contribution in [0.25, 0.3) is 0 Å². The van der Waals surface area contributed by atoms with Gasteiger partial charge in [0.2, 0.25) is 5.91 Å². The summed E-state index contributed by atoms with van der Waals surface area (Å²) >= 11 is 5.97. The molecule has 2 aliphatic rings. The van der Waals surface area contributed by atoms with Crippen LogP contribution < -0.4 is 5.32 Å². The van der Waals surface area contributed by atoms with Crippen LogP contribution in [0, 0.1) is 11.8 Å². The summed E-state index contributed by atoms with van der Waals surface area (Å²) in [5, 5.41) is 12.6. The van der Waals surface area contributed by atoms with E-state index in [4.69, 9.17) is 21.4 Å². The maximum absolute atomic E-state index is 12.2. The third-order valence-electron chi connectivity index (χ3n) is 4.95. The fourth-order valence-electron chi connectivity index (χ4n) is 3.28. The van der Waals surface area contributed by atoms with Crippen molar-refractivity contribution in [1.82, 2.24) is 5.32 Å². The van der Waals surface area contributed by atoms with Gasteiger partial charge in [0.05, 0.1) is 11.8 Å². The van der Waals surface area contributed by atoms with Gasteiger partial charge in [-0.25, -0.2) is 0 Å². The fraction of sp³-hybridized carbons (Fsp3) is 0.529. The Hall–Kier alpha value is -1.59. The Morgan fingerprint density at radius 2 is 1.87 bits per heavy atom. The van der Waals surface area contributed by atoms with Gasteiger partial charge >= 0.3 is 5.97 Å². The van der Waals surface area contributed by atoms with E-state index < -0.39 is 11.9 Å². The van der Waals surface area contributed by atoms with Crippen LogP contribution in [-0.4, -0.2) is 36.7 Å². The summed E-state index contributed by atoms with van der Waals surface area (Å²) in [6.45, 7) is 1.80. The number of rotatable bonds is 5. The highest BCUT2D eigenvalue weighted by Gasteiger charge is 2.48. The van der Waals surface area contributed by atoms with Gasteiger partial charge in [0.15, 0.2) is 0 Å². The van der Waals surface area contributed by atoms with Crippen LogP contribution in [0.5, 0.6) is 0 Å². The van der Waals surface area contributed by atoms with E-state index in [9.17, 15) is 9.59 Å². The van der Waals surface area contributed by atoms with Gasteiger partial charge in [-0.2, -0.15) is 0 Å². The lowest BCUT2D eigenvalue weighted by Gasteiger charge is -2.38. The predicted octanol–water partition coefficient (Wildman–Crippen LogP) is 2.23. The third-order valence-corrected chi connectivity index (χ3v) is 5.20. The number of carbonyl (C=O) groups is 2. The molecule has 1 heterocycles. The molecular weight excluding hydrogens is 318 g/mol. The van der Waals surface area contributed by atoms with Crippen molar-refractivity contribution in [2.24, 2.45) is 11.8 Å². The molecule has 0 spiro atoms. The van der Waals surface area contributed by atoms with Crippen LogP contribution in [0.2, 0.25) is 5.02 Å². The van der Waals surface area contributed by atoms with Gasteiger partial charge in [0.1, 0.15) is 0 Å². The summed E-state index contributed by atoms with van der Waals surface area (Å²) in [4.78, 5) is 23.1.